The number of amides is 1. The Bertz CT molecular complexity index is 2380. The van der Waals surface area contributed by atoms with Gasteiger partial charge in [0, 0.05) is 67.3 Å². The third kappa shape index (κ3) is 7.10. The number of Topliss-reactive ketones (excluding diaryl/α,β-unsaturated/α-hetero) is 1. The smallest absolute Gasteiger partial charge is 0.312 e. The van der Waals surface area contributed by atoms with Crippen molar-refractivity contribution in [2.24, 2.45) is 23.7 Å². The molecule has 5 N–H and O–H groups in total. The Morgan fingerprint density at radius 3 is 2.35 bits per heavy atom. The molecule has 4 bridgehead atoms. The molecule has 0 saturated carbocycles. The third-order valence-corrected chi connectivity index (χ3v) is 11.5. The molecule has 0 saturated heterocycles. The highest BCUT2D eigenvalue weighted by atomic mass is 16.7. The summed E-state index contributed by atoms with van der Waals surface area (Å²) in [5.41, 5.74) is 2.18. The molecule has 4 aromatic rings. The first-order valence-corrected chi connectivity index (χ1v) is 19.0. The number of aliphatic hydroxyl groups excluding tert-OH is 2. The normalized spacial score (nSPS) is 28.8. The number of carbonyl (C=O) groups excluding carboxylic acids is 3. The fourth-order valence-electron chi connectivity index (χ4n) is 8.03. The van der Waals surface area contributed by atoms with Crippen molar-refractivity contribution in [2.45, 2.75) is 92.5 Å². The van der Waals surface area contributed by atoms with E-state index < -0.39 is 77.3 Å². The second-order valence-electron chi connectivity index (χ2n) is 15.6. The molecule has 2 aliphatic rings. The van der Waals surface area contributed by atoms with E-state index in [2.05, 4.69) is 5.32 Å². The number of nitrogens with zero attached hydrogens (tertiary/aromatic N) is 2. The number of aliphatic hydroxyl groups is 2. The van der Waals surface area contributed by atoms with E-state index in [1.165, 1.54) is 40.2 Å². The molecule has 1 amide bonds. The number of hydrogen-bond donors (Lipinski definition) is 5. The summed E-state index contributed by atoms with van der Waals surface area (Å²) in [6.07, 6.45) is 5.62. The van der Waals surface area contributed by atoms with Gasteiger partial charge in [0.25, 0.3) is 11.7 Å². The maximum absolute atomic E-state index is 14.6. The molecular weight excluding hydrogens is 734 g/mol. The van der Waals surface area contributed by atoms with E-state index in [-0.39, 0.29) is 55.7 Å². The molecule has 0 unspecified atom stereocenters. The Labute approximate surface area is 330 Å². The number of rotatable bonds is 2. The summed E-state index contributed by atoms with van der Waals surface area (Å²) < 4.78 is 25.5. The molecule has 6 rings (SSSR count). The van der Waals surface area contributed by atoms with E-state index >= 15 is 0 Å². The Kier molecular flexibility index (Phi) is 11.2. The van der Waals surface area contributed by atoms with E-state index in [9.17, 15) is 34.8 Å². The molecule has 14 nitrogen and oxygen atoms in total. The average Bonchev–Trinajstić information content (AvgIpc) is 3.67. The first-order chi connectivity index (χ1) is 26.8. The summed E-state index contributed by atoms with van der Waals surface area (Å²) in [5.74, 6) is -6.96. The van der Waals surface area contributed by atoms with Crippen LogP contribution >= 0.6 is 0 Å². The molecule has 0 radical (unpaired) electrons. The average molecular weight is 786 g/mol. The predicted molar refractivity (Wildman–Crippen MR) is 213 cm³/mol. The van der Waals surface area contributed by atoms with Crippen LogP contribution < -0.4 is 10.1 Å². The van der Waals surface area contributed by atoms with Crippen molar-refractivity contribution in [3.05, 3.63) is 71.2 Å². The van der Waals surface area contributed by atoms with Crippen LogP contribution in [0.5, 0.6) is 17.2 Å². The number of fused-ring (bicyclic) bond motifs is 2. The fraction of sp³-hybridized carbons (Fsp3) is 0.442. The number of imidazole rings is 1. The van der Waals surface area contributed by atoms with E-state index in [1.54, 1.807) is 63.4 Å². The number of carbonyl (C=O) groups is 3. The monoisotopic (exact) mass is 785 g/mol. The number of esters is 1. The summed E-state index contributed by atoms with van der Waals surface area (Å²) in [6, 6.07) is 3.64. The number of allylic oxidation sites excluding steroid dienone is 2. The van der Waals surface area contributed by atoms with Crippen molar-refractivity contribution < 1.29 is 53.8 Å². The number of benzene rings is 2. The summed E-state index contributed by atoms with van der Waals surface area (Å²) in [7, 11) is 1.46. The van der Waals surface area contributed by atoms with E-state index in [0.717, 1.165) is 5.56 Å². The van der Waals surface area contributed by atoms with Gasteiger partial charge in [0.05, 0.1) is 35.5 Å². The molecular formula is C43H51N3O11. The van der Waals surface area contributed by atoms with Crippen LogP contribution in [0, 0.1) is 37.5 Å². The van der Waals surface area contributed by atoms with Gasteiger partial charge in [0.2, 0.25) is 0 Å². The number of methoxy groups -OCH3 is 1. The van der Waals surface area contributed by atoms with E-state index in [4.69, 9.17) is 23.9 Å². The van der Waals surface area contributed by atoms with E-state index in [1.807, 2.05) is 19.1 Å². The van der Waals surface area contributed by atoms with Crippen molar-refractivity contribution >= 4 is 50.8 Å². The zero-order chi connectivity index (χ0) is 41.8. The van der Waals surface area contributed by atoms with Gasteiger partial charge < -0.3 is 44.7 Å². The number of hydrogen-bond acceptors (Lipinski definition) is 12. The number of nitrogens with one attached hydrogen (secondary N) is 1. The summed E-state index contributed by atoms with van der Waals surface area (Å²) in [5, 5.41) is 49.4. The second-order valence-corrected chi connectivity index (χ2v) is 15.6. The molecule has 0 aliphatic carbocycles. The molecule has 0 fully saturated rings. The number of ketones is 1. The van der Waals surface area contributed by atoms with Crippen molar-refractivity contribution in [3.63, 3.8) is 0 Å². The number of aromatic hydroxyl groups is 2. The topological polar surface area (TPSA) is 198 Å². The lowest BCUT2D eigenvalue weighted by Gasteiger charge is -2.38. The van der Waals surface area contributed by atoms with Crippen molar-refractivity contribution in [1.29, 1.82) is 0 Å². The van der Waals surface area contributed by atoms with Crippen molar-refractivity contribution in [3.8, 4) is 17.2 Å². The number of aryl methyl sites for hydroxylation is 1. The largest absolute Gasteiger partial charge is 0.507 e. The first kappa shape index (κ1) is 41.2. The van der Waals surface area contributed by atoms with Crippen LogP contribution in [0.2, 0.25) is 0 Å². The quantitative estimate of drug-likeness (QED) is 0.115. The van der Waals surface area contributed by atoms with Gasteiger partial charge in [-0.2, -0.15) is 0 Å². The van der Waals surface area contributed by atoms with Gasteiger partial charge >= 0.3 is 11.8 Å². The molecule has 57 heavy (non-hydrogen) atoms. The van der Waals surface area contributed by atoms with Crippen LogP contribution in [-0.2, 0) is 23.8 Å². The highest BCUT2D eigenvalue weighted by molar-refractivity contribution is 6.28. The van der Waals surface area contributed by atoms with Gasteiger partial charge in [-0.05, 0) is 44.5 Å². The molecule has 4 heterocycles. The zero-order valence-electron chi connectivity index (χ0n) is 33.8. The van der Waals surface area contributed by atoms with Crippen LogP contribution in [0.4, 0.5) is 5.69 Å². The second kappa shape index (κ2) is 15.5. The minimum absolute atomic E-state index is 0.0185. The Hall–Kier alpha value is -5.44. The molecule has 9 atom stereocenters. The Morgan fingerprint density at radius 1 is 0.982 bits per heavy atom. The lowest BCUT2D eigenvalue weighted by atomic mass is 9.78. The molecule has 304 valence electrons. The van der Waals surface area contributed by atoms with Gasteiger partial charge in [0.1, 0.15) is 40.0 Å². The summed E-state index contributed by atoms with van der Waals surface area (Å²) >= 11 is 0. The van der Waals surface area contributed by atoms with Gasteiger partial charge in [-0.15, -0.1) is 0 Å². The van der Waals surface area contributed by atoms with Gasteiger partial charge in [-0.25, -0.2) is 4.98 Å². The maximum Gasteiger partial charge on any atom is 0.312 e. The minimum Gasteiger partial charge on any atom is -0.507 e. The van der Waals surface area contributed by atoms with Gasteiger partial charge in [-0.3, -0.25) is 18.8 Å². The number of phenols is 2. The summed E-state index contributed by atoms with van der Waals surface area (Å²) in [6.45, 7) is 14.7. The third-order valence-electron chi connectivity index (χ3n) is 11.5. The molecule has 2 aliphatic heterocycles. The van der Waals surface area contributed by atoms with Gasteiger partial charge in [-0.1, -0.05) is 45.9 Å². The Morgan fingerprint density at radius 2 is 1.68 bits per heavy atom. The lowest BCUT2D eigenvalue weighted by Crippen LogP contribution is -2.46. The van der Waals surface area contributed by atoms with Crippen molar-refractivity contribution in [1.82, 2.24) is 9.38 Å². The van der Waals surface area contributed by atoms with Crippen molar-refractivity contribution in [2.75, 3.05) is 12.4 Å². The number of phenolic OH excluding ortho intramolecular Hbond substituents is 2. The number of pyridine rings is 1. The zero-order valence-corrected chi connectivity index (χ0v) is 33.8. The minimum atomic E-state index is -1.96. The highest BCUT2D eigenvalue weighted by Gasteiger charge is 2.50. The predicted octanol–water partition coefficient (Wildman–Crippen LogP) is 6.16. The number of aromatic nitrogens is 2. The van der Waals surface area contributed by atoms with Crippen LogP contribution in [-0.4, -0.2) is 84.8 Å². The molecule has 0 spiro atoms. The van der Waals surface area contributed by atoms with Gasteiger partial charge in [0.15, 0.2) is 5.75 Å². The van der Waals surface area contributed by atoms with Crippen LogP contribution in [0.25, 0.3) is 27.5 Å². The molecule has 2 aromatic carbocycles. The standard InChI is InChI=1S/C43H51N3O11/c1-19-14-16-46-28(18-19)44-32-29-30-37(50)25(7)40-31(29)41(52)43(9,57-40)55-17-15-27(54-10)22(4)39(56-26(8)47)24(6)36(49)23(5)35(48)20(2)12-11-13-21(3)42(53)45-33(34(32)46)38(30)51/h11-18,20,22-24,27,35-36,39,48-51H,1-10H3,(H,45,53)/t20-,22+,23+,24+,27-,35-,36-,39+,43-/m0/s1. The highest BCUT2D eigenvalue weighted by Crippen LogP contribution is 2.54. The van der Waals surface area contributed by atoms with Crippen LogP contribution in [0.3, 0.4) is 0 Å². The lowest BCUT2D eigenvalue weighted by molar-refractivity contribution is -0.160. The summed E-state index contributed by atoms with van der Waals surface area (Å²) in [4.78, 5) is 45.6. The maximum atomic E-state index is 14.6. The van der Waals surface area contributed by atoms with Crippen LogP contribution in [0.15, 0.2) is 54.5 Å². The number of anilines is 1. The molecule has 2 aromatic heterocycles. The molecule has 14 heteroatoms. The SMILES string of the molecule is CO[C@H]1C=CO[C@@]2(C)Oc3c(C)c(O)c4c(O)c(c5c(nc6cc(C)ccn65)c4c3C2=O)NC(=O)C(C)=CC=C[C@H](C)[C@H](O)[C@@H](C)[C@H](O)[C@@H](C)[C@H](OC(C)=O)[C@@H]1C. The first-order valence-electron chi connectivity index (χ1n) is 19.0. The Balaban J connectivity index is 1.58. The van der Waals surface area contributed by atoms with Crippen LogP contribution in [0.1, 0.15) is 70.0 Å². The fourth-order valence-corrected chi connectivity index (χ4v) is 8.03. The van der Waals surface area contributed by atoms with E-state index in [0.29, 0.717) is 5.65 Å². The number of ether oxygens (including phenoxy) is 4.